The van der Waals surface area contributed by atoms with Crippen molar-refractivity contribution in [1.29, 1.82) is 0 Å². The number of hydrogen-bond donors (Lipinski definition) is 3. The third-order valence-electron chi connectivity index (χ3n) is 7.93. The van der Waals surface area contributed by atoms with Crippen LogP contribution in [-0.2, 0) is 14.3 Å². The number of carbonyl (C=O) groups is 1. The normalized spacial score (nSPS) is 28.2. The van der Waals surface area contributed by atoms with E-state index in [9.17, 15) is 24.5 Å². The maximum atomic E-state index is 13.6. The Morgan fingerprint density at radius 2 is 2.03 bits per heavy atom. The molecular formula is C26H36FN3O6. The number of aliphatic hydroxyl groups excluding tert-OH is 3. The Bertz CT molecular complexity index is 1040. The molecule has 0 aromatic carbocycles. The van der Waals surface area contributed by atoms with Crippen LogP contribution in [0.25, 0.3) is 0 Å². The molecule has 0 radical (unpaired) electrons. The van der Waals surface area contributed by atoms with Gasteiger partial charge in [0.1, 0.15) is 23.5 Å². The van der Waals surface area contributed by atoms with Gasteiger partial charge in [0, 0.05) is 24.9 Å². The maximum absolute atomic E-state index is 13.6. The number of likely N-dealkylation sites (tertiary alicyclic amines) is 1. The summed E-state index contributed by atoms with van der Waals surface area (Å²) >= 11 is 0. The number of ether oxygens (including phenoxy) is 2. The molecule has 0 saturated carbocycles. The second kappa shape index (κ2) is 10.4. The fraction of sp³-hybridized carbons (Fsp3) is 0.615. The molecule has 3 aliphatic rings. The number of amides is 1. The van der Waals surface area contributed by atoms with Gasteiger partial charge in [-0.1, -0.05) is 13.0 Å². The van der Waals surface area contributed by atoms with Crippen molar-refractivity contribution < 1.29 is 34.0 Å². The summed E-state index contributed by atoms with van der Waals surface area (Å²) < 4.78 is 25.4. The largest absolute Gasteiger partial charge is 0.493 e. The second-order valence-corrected chi connectivity index (χ2v) is 10.3. The minimum Gasteiger partial charge on any atom is -0.493 e. The Balaban J connectivity index is 1.44. The van der Waals surface area contributed by atoms with Crippen LogP contribution in [0.3, 0.4) is 0 Å². The lowest BCUT2D eigenvalue weighted by Crippen LogP contribution is -2.52. The first-order valence-electron chi connectivity index (χ1n) is 12.3. The van der Waals surface area contributed by atoms with Crippen LogP contribution in [0.4, 0.5) is 10.2 Å². The Morgan fingerprint density at radius 1 is 1.31 bits per heavy atom. The fourth-order valence-corrected chi connectivity index (χ4v) is 5.42. The van der Waals surface area contributed by atoms with Crippen LogP contribution in [0.5, 0.6) is 0 Å². The lowest BCUT2D eigenvalue weighted by Gasteiger charge is -2.42. The van der Waals surface area contributed by atoms with E-state index in [1.165, 1.54) is 11.0 Å². The van der Waals surface area contributed by atoms with Gasteiger partial charge in [-0.3, -0.25) is 4.79 Å². The van der Waals surface area contributed by atoms with Gasteiger partial charge in [-0.2, -0.15) is 0 Å². The molecule has 2 aliphatic heterocycles. The Labute approximate surface area is 210 Å². The molecule has 1 aliphatic carbocycles. The summed E-state index contributed by atoms with van der Waals surface area (Å²) in [5.74, 6) is 1.08. The van der Waals surface area contributed by atoms with E-state index in [0.717, 1.165) is 0 Å². The van der Waals surface area contributed by atoms with Crippen molar-refractivity contribution in [3.63, 3.8) is 0 Å². The van der Waals surface area contributed by atoms with Crippen LogP contribution >= 0.6 is 0 Å². The van der Waals surface area contributed by atoms with Crippen LogP contribution in [-0.4, -0.2) is 89.3 Å². The van der Waals surface area contributed by atoms with Crippen molar-refractivity contribution in [2.75, 3.05) is 44.8 Å². The molecular weight excluding hydrogens is 469 g/mol. The number of aromatic nitrogens is 1. The van der Waals surface area contributed by atoms with Crippen molar-refractivity contribution in [3.8, 4) is 0 Å². The zero-order valence-corrected chi connectivity index (χ0v) is 21.2. The number of pyridine rings is 1. The molecule has 36 heavy (non-hydrogen) atoms. The molecule has 2 saturated heterocycles. The lowest BCUT2D eigenvalue weighted by atomic mass is 9.68. The second-order valence-electron chi connectivity index (χ2n) is 10.3. The molecule has 1 amide bonds. The topological polar surface area (TPSA) is 116 Å². The predicted molar refractivity (Wildman–Crippen MR) is 130 cm³/mol. The third kappa shape index (κ3) is 4.94. The first kappa shape index (κ1) is 26.4. The summed E-state index contributed by atoms with van der Waals surface area (Å²) in [6, 6.07) is 3.08. The number of carbonyl (C=O) groups excluding carboxylic acids is 1. The van der Waals surface area contributed by atoms with Crippen LogP contribution in [0.15, 0.2) is 35.8 Å². The number of nitrogens with zero attached hydrogens (tertiary/aromatic N) is 3. The number of methoxy groups -OCH3 is 1. The Morgan fingerprint density at radius 3 is 2.64 bits per heavy atom. The predicted octanol–water partition coefficient (Wildman–Crippen LogP) is 1.37. The number of aliphatic hydroxyl groups is 3. The maximum Gasteiger partial charge on any atom is 0.253 e. The van der Waals surface area contributed by atoms with E-state index in [1.807, 2.05) is 24.0 Å². The molecule has 4 rings (SSSR count). The monoisotopic (exact) mass is 505 g/mol. The molecule has 3 N–H and O–H groups in total. The Kier molecular flexibility index (Phi) is 7.59. The minimum atomic E-state index is -1.47. The summed E-state index contributed by atoms with van der Waals surface area (Å²) in [7, 11) is 1.59. The number of allylic oxidation sites excluding steroid dienone is 3. The van der Waals surface area contributed by atoms with Crippen molar-refractivity contribution >= 4 is 11.7 Å². The molecule has 1 aromatic rings. The number of hydrogen-bond acceptors (Lipinski definition) is 8. The highest BCUT2D eigenvalue weighted by Gasteiger charge is 2.51. The zero-order chi connectivity index (χ0) is 26.2. The van der Waals surface area contributed by atoms with Gasteiger partial charge in [-0.05, 0) is 43.9 Å². The molecule has 3 heterocycles. The lowest BCUT2D eigenvalue weighted by molar-refractivity contribution is -0.141. The highest BCUT2D eigenvalue weighted by atomic mass is 19.1. The van der Waals surface area contributed by atoms with Crippen molar-refractivity contribution in [2.45, 2.75) is 45.5 Å². The van der Waals surface area contributed by atoms with E-state index in [-0.39, 0.29) is 30.3 Å². The molecule has 1 aromatic heterocycles. The number of halogens is 1. The van der Waals surface area contributed by atoms with Gasteiger partial charge >= 0.3 is 0 Å². The highest BCUT2D eigenvalue weighted by Crippen LogP contribution is 2.47. The van der Waals surface area contributed by atoms with Crippen molar-refractivity contribution in [2.24, 2.45) is 17.3 Å². The summed E-state index contributed by atoms with van der Waals surface area (Å²) in [4.78, 5) is 20.4. The molecule has 0 spiro atoms. The smallest absolute Gasteiger partial charge is 0.253 e. The van der Waals surface area contributed by atoms with Crippen LogP contribution in [0.1, 0.15) is 26.0 Å². The molecule has 1 unspecified atom stereocenters. The average Bonchev–Trinajstić information content (AvgIpc) is 3.20. The molecule has 0 bridgehead atoms. The number of anilines is 1. The van der Waals surface area contributed by atoms with Gasteiger partial charge in [-0.15, -0.1) is 0 Å². The van der Waals surface area contributed by atoms with E-state index in [4.69, 9.17) is 9.47 Å². The standard InChI is InChI=1S/C26H36FN3O6/c1-15-20(27)6-8-24(28-15)29-10-18(11-29)36-23-9-17(5-7-22(23)35-4)19-12-30(25(34)21(33)13-31)14-26(19,3)16(2)32/h5-8,16-19,21,31-33H,9-14H2,1-4H3/t16-,17?,19+,21+,26+/m1/s1. The van der Waals surface area contributed by atoms with Gasteiger partial charge in [0.2, 0.25) is 0 Å². The molecule has 9 nitrogen and oxygen atoms in total. The van der Waals surface area contributed by atoms with Crippen molar-refractivity contribution in [3.05, 3.63) is 47.3 Å². The first-order valence-corrected chi connectivity index (χ1v) is 12.3. The zero-order valence-electron chi connectivity index (χ0n) is 21.2. The number of rotatable bonds is 8. The summed E-state index contributed by atoms with van der Waals surface area (Å²) in [5, 5.41) is 29.8. The molecule has 10 heteroatoms. The molecule has 5 atom stereocenters. The van der Waals surface area contributed by atoms with E-state index >= 15 is 0 Å². The van der Waals surface area contributed by atoms with Gasteiger partial charge in [0.05, 0.1) is 38.6 Å². The first-order chi connectivity index (χ1) is 17.1. The number of aryl methyl sites for hydroxylation is 1. The quantitative estimate of drug-likeness (QED) is 0.485. The van der Waals surface area contributed by atoms with E-state index in [2.05, 4.69) is 4.98 Å². The van der Waals surface area contributed by atoms with Gasteiger partial charge in [0.15, 0.2) is 11.9 Å². The highest BCUT2D eigenvalue weighted by molar-refractivity contribution is 5.81. The van der Waals surface area contributed by atoms with Crippen molar-refractivity contribution in [1.82, 2.24) is 9.88 Å². The summed E-state index contributed by atoms with van der Waals surface area (Å²) in [6.07, 6.45) is 2.22. The van der Waals surface area contributed by atoms with E-state index in [0.29, 0.717) is 49.1 Å². The third-order valence-corrected chi connectivity index (χ3v) is 7.93. The summed E-state index contributed by atoms with van der Waals surface area (Å²) in [5.41, 5.74) is -0.243. The van der Waals surface area contributed by atoms with E-state index < -0.39 is 30.1 Å². The SMILES string of the molecule is COC1=C(OC2CN(c3ccc(F)c(C)n3)C2)CC([C@@H]2CN(C(=O)[C@@H](O)CO)C[C@@]2(C)[C@@H](C)O)C=C1. The van der Waals surface area contributed by atoms with Gasteiger partial charge in [-0.25, -0.2) is 9.37 Å². The fourth-order valence-electron chi connectivity index (χ4n) is 5.42. The Hall–Kier alpha value is -2.69. The molecule has 2 fully saturated rings. The van der Waals surface area contributed by atoms with Crippen LogP contribution < -0.4 is 4.90 Å². The van der Waals surface area contributed by atoms with Crippen LogP contribution in [0.2, 0.25) is 0 Å². The average molecular weight is 506 g/mol. The van der Waals surface area contributed by atoms with E-state index in [1.54, 1.807) is 27.0 Å². The summed E-state index contributed by atoms with van der Waals surface area (Å²) in [6.45, 7) is 6.54. The van der Waals surface area contributed by atoms with Gasteiger partial charge < -0.3 is 34.6 Å². The minimum absolute atomic E-state index is 0.0276. The molecule has 198 valence electrons. The van der Waals surface area contributed by atoms with Gasteiger partial charge in [0.25, 0.3) is 5.91 Å². The van der Waals surface area contributed by atoms with Crippen LogP contribution in [0, 0.1) is 30.0 Å².